The summed E-state index contributed by atoms with van der Waals surface area (Å²) in [4.78, 5) is 12.0. The molecule has 5 nitrogen and oxygen atoms in total. The number of hydrogen-bond acceptors (Lipinski definition) is 4. The monoisotopic (exact) mass is 329 g/mol. The SMILES string of the molecule is CC(C)n1ncc(NCCOCC2CC2)c(Br)c1=O. The highest BCUT2D eigenvalue weighted by Crippen LogP contribution is 2.28. The fourth-order valence-corrected chi connectivity index (χ4v) is 2.15. The zero-order valence-corrected chi connectivity index (χ0v) is 12.9. The van der Waals surface area contributed by atoms with E-state index in [1.54, 1.807) is 6.20 Å². The lowest BCUT2D eigenvalue weighted by atomic mass is 10.4. The van der Waals surface area contributed by atoms with Gasteiger partial charge in [0.15, 0.2) is 0 Å². The van der Waals surface area contributed by atoms with E-state index in [0.29, 0.717) is 17.6 Å². The van der Waals surface area contributed by atoms with Crippen molar-refractivity contribution in [3.63, 3.8) is 0 Å². The maximum Gasteiger partial charge on any atom is 0.283 e. The van der Waals surface area contributed by atoms with Crippen molar-refractivity contribution in [2.24, 2.45) is 5.92 Å². The summed E-state index contributed by atoms with van der Waals surface area (Å²) in [6.07, 6.45) is 4.28. The molecule has 0 amide bonds. The Morgan fingerprint density at radius 2 is 2.32 bits per heavy atom. The standard InChI is InChI=1S/C13H20BrN3O2/c1-9(2)17-13(18)12(14)11(7-16-17)15-5-6-19-8-10-3-4-10/h7,9-10,15H,3-6,8H2,1-2H3. The maximum absolute atomic E-state index is 12.0. The first kappa shape index (κ1) is 14.5. The van der Waals surface area contributed by atoms with E-state index in [0.717, 1.165) is 18.2 Å². The normalized spacial score (nSPS) is 14.9. The van der Waals surface area contributed by atoms with E-state index in [1.165, 1.54) is 17.5 Å². The number of hydrogen-bond donors (Lipinski definition) is 1. The average Bonchev–Trinajstić information content (AvgIpc) is 3.17. The third kappa shape index (κ3) is 4.04. The predicted octanol–water partition coefficient (Wildman–Crippen LogP) is 2.43. The van der Waals surface area contributed by atoms with Gasteiger partial charge < -0.3 is 10.1 Å². The minimum Gasteiger partial charge on any atom is -0.380 e. The van der Waals surface area contributed by atoms with Gasteiger partial charge in [0.2, 0.25) is 0 Å². The highest BCUT2D eigenvalue weighted by Gasteiger charge is 2.20. The number of halogens is 1. The van der Waals surface area contributed by atoms with Crippen LogP contribution in [0.1, 0.15) is 32.7 Å². The second kappa shape index (κ2) is 6.52. The van der Waals surface area contributed by atoms with E-state index in [9.17, 15) is 4.79 Å². The van der Waals surface area contributed by atoms with Crippen molar-refractivity contribution in [1.82, 2.24) is 9.78 Å². The quantitative estimate of drug-likeness (QED) is 0.780. The van der Waals surface area contributed by atoms with Crippen LogP contribution in [-0.4, -0.2) is 29.5 Å². The lowest BCUT2D eigenvalue weighted by Gasteiger charge is -2.12. The van der Waals surface area contributed by atoms with Crippen molar-refractivity contribution < 1.29 is 4.74 Å². The van der Waals surface area contributed by atoms with Crippen LogP contribution in [0.4, 0.5) is 5.69 Å². The Morgan fingerprint density at radius 1 is 1.58 bits per heavy atom. The van der Waals surface area contributed by atoms with Gasteiger partial charge in [-0.05, 0) is 48.5 Å². The molecular formula is C13H20BrN3O2. The molecule has 2 rings (SSSR count). The smallest absolute Gasteiger partial charge is 0.283 e. The van der Waals surface area contributed by atoms with Gasteiger partial charge in [0.05, 0.1) is 24.5 Å². The number of ether oxygens (including phenoxy) is 1. The molecule has 0 atom stereocenters. The molecule has 0 unspecified atom stereocenters. The number of nitrogens with zero attached hydrogens (tertiary/aromatic N) is 2. The van der Waals surface area contributed by atoms with Crippen molar-refractivity contribution in [2.75, 3.05) is 25.1 Å². The van der Waals surface area contributed by atoms with Crippen LogP contribution < -0.4 is 10.9 Å². The van der Waals surface area contributed by atoms with Crippen molar-refractivity contribution in [1.29, 1.82) is 0 Å². The molecule has 19 heavy (non-hydrogen) atoms. The van der Waals surface area contributed by atoms with E-state index in [1.807, 2.05) is 13.8 Å². The molecular weight excluding hydrogens is 310 g/mol. The molecule has 1 aromatic heterocycles. The summed E-state index contributed by atoms with van der Waals surface area (Å²) >= 11 is 3.33. The highest BCUT2D eigenvalue weighted by atomic mass is 79.9. The summed E-state index contributed by atoms with van der Waals surface area (Å²) in [5.74, 6) is 0.781. The van der Waals surface area contributed by atoms with Crippen LogP contribution in [0.3, 0.4) is 0 Å². The molecule has 0 spiro atoms. The van der Waals surface area contributed by atoms with Crippen LogP contribution in [-0.2, 0) is 4.74 Å². The minimum atomic E-state index is -0.112. The van der Waals surface area contributed by atoms with Gasteiger partial charge in [-0.1, -0.05) is 0 Å². The number of aromatic nitrogens is 2. The van der Waals surface area contributed by atoms with Gasteiger partial charge in [0.25, 0.3) is 5.56 Å². The second-order valence-corrected chi connectivity index (χ2v) is 5.95. The molecule has 1 aliphatic carbocycles. The van der Waals surface area contributed by atoms with E-state index >= 15 is 0 Å². The van der Waals surface area contributed by atoms with Gasteiger partial charge in [-0.15, -0.1) is 0 Å². The molecule has 0 bridgehead atoms. The second-order valence-electron chi connectivity index (χ2n) is 5.16. The molecule has 0 saturated heterocycles. The van der Waals surface area contributed by atoms with Crippen molar-refractivity contribution >= 4 is 21.6 Å². The molecule has 0 aliphatic heterocycles. The highest BCUT2D eigenvalue weighted by molar-refractivity contribution is 9.10. The average molecular weight is 330 g/mol. The molecule has 1 aliphatic rings. The maximum atomic E-state index is 12.0. The van der Waals surface area contributed by atoms with Crippen molar-refractivity contribution in [3.05, 3.63) is 21.0 Å². The van der Waals surface area contributed by atoms with E-state index in [4.69, 9.17) is 4.74 Å². The summed E-state index contributed by atoms with van der Waals surface area (Å²) in [7, 11) is 0. The third-order valence-electron chi connectivity index (χ3n) is 3.05. The fourth-order valence-electron chi connectivity index (χ4n) is 1.73. The van der Waals surface area contributed by atoms with Crippen LogP contribution in [0, 0.1) is 5.92 Å². The summed E-state index contributed by atoms with van der Waals surface area (Å²) < 4.78 is 7.51. The Balaban J connectivity index is 1.85. The molecule has 1 N–H and O–H groups in total. The third-order valence-corrected chi connectivity index (χ3v) is 3.81. The van der Waals surface area contributed by atoms with E-state index < -0.39 is 0 Å². The topological polar surface area (TPSA) is 56.1 Å². The first-order chi connectivity index (χ1) is 9.09. The Hall–Kier alpha value is -0.880. The predicted molar refractivity (Wildman–Crippen MR) is 78.6 cm³/mol. The van der Waals surface area contributed by atoms with E-state index in [-0.39, 0.29) is 11.6 Å². The van der Waals surface area contributed by atoms with Gasteiger partial charge >= 0.3 is 0 Å². The molecule has 106 valence electrons. The zero-order valence-electron chi connectivity index (χ0n) is 11.4. The first-order valence-corrected chi connectivity index (χ1v) is 7.48. The van der Waals surface area contributed by atoms with E-state index in [2.05, 4.69) is 26.3 Å². The minimum absolute atomic E-state index is 0.0553. The molecule has 1 fully saturated rings. The molecule has 1 saturated carbocycles. The summed E-state index contributed by atoms with van der Waals surface area (Å²) in [5.41, 5.74) is 0.607. The summed E-state index contributed by atoms with van der Waals surface area (Å²) in [6, 6.07) is 0.0553. The lowest BCUT2D eigenvalue weighted by Crippen LogP contribution is -2.26. The number of nitrogens with one attached hydrogen (secondary N) is 1. The molecule has 6 heteroatoms. The lowest BCUT2D eigenvalue weighted by molar-refractivity contribution is 0.134. The first-order valence-electron chi connectivity index (χ1n) is 6.68. The molecule has 0 aromatic carbocycles. The molecule has 1 heterocycles. The Morgan fingerprint density at radius 3 is 2.95 bits per heavy atom. The van der Waals surface area contributed by atoms with Crippen LogP contribution in [0.15, 0.2) is 15.5 Å². The van der Waals surface area contributed by atoms with Crippen LogP contribution >= 0.6 is 15.9 Å². The summed E-state index contributed by atoms with van der Waals surface area (Å²) in [5, 5.41) is 7.31. The molecule has 0 radical (unpaired) electrons. The van der Waals surface area contributed by atoms with Gasteiger partial charge in [-0.3, -0.25) is 4.79 Å². The van der Waals surface area contributed by atoms with Gasteiger partial charge in [-0.2, -0.15) is 5.10 Å². The van der Waals surface area contributed by atoms with Crippen LogP contribution in [0.5, 0.6) is 0 Å². The van der Waals surface area contributed by atoms with Gasteiger partial charge in [0, 0.05) is 13.2 Å². The van der Waals surface area contributed by atoms with Crippen LogP contribution in [0.25, 0.3) is 0 Å². The Bertz CT molecular complexity index is 483. The fraction of sp³-hybridized carbons (Fsp3) is 0.692. The summed E-state index contributed by atoms with van der Waals surface area (Å²) in [6.45, 7) is 6.05. The Kier molecular flexibility index (Phi) is 4.99. The van der Waals surface area contributed by atoms with Gasteiger partial charge in [0.1, 0.15) is 4.47 Å². The Labute approximate surface area is 121 Å². The molecule has 1 aromatic rings. The van der Waals surface area contributed by atoms with Crippen LogP contribution in [0.2, 0.25) is 0 Å². The largest absolute Gasteiger partial charge is 0.380 e. The van der Waals surface area contributed by atoms with Gasteiger partial charge in [-0.25, -0.2) is 4.68 Å². The number of anilines is 1. The zero-order chi connectivity index (χ0) is 13.8. The van der Waals surface area contributed by atoms with Crippen molar-refractivity contribution in [2.45, 2.75) is 32.7 Å². The number of rotatable bonds is 7. The van der Waals surface area contributed by atoms with Crippen molar-refractivity contribution in [3.8, 4) is 0 Å².